The predicted molar refractivity (Wildman–Crippen MR) is 123 cm³/mol. The Labute approximate surface area is 189 Å². The molecule has 8 heteroatoms. The Morgan fingerprint density at radius 3 is 2.63 bits per heavy atom. The van der Waals surface area contributed by atoms with Gasteiger partial charge in [0.05, 0.1) is 6.54 Å². The summed E-state index contributed by atoms with van der Waals surface area (Å²) in [5.41, 5.74) is 6.20. The van der Waals surface area contributed by atoms with E-state index in [1.165, 1.54) is 0 Å². The van der Waals surface area contributed by atoms with Crippen molar-refractivity contribution in [3.8, 4) is 17.1 Å². The van der Waals surface area contributed by atoms with E-state index in [0.717, 1.165) is 28.3 Å². The third-order valence-corrected chi connectivity index (χ3v) is 5.31. The maximum absolute atomic E-state index is 6.22. The molecule has 0 unspecified atom stereocenters. The maximum Gasteiger partial charge on any atom is 0.214 e. The summed E-state index contributed by atoms with van der Waals surface area (Å²) in [5.74, 6) is 1.48. The lowest BCUT2D eigenvalue weighted by Gasteiger charge is -2.12. The molecule has 0 aliphatic carbocycles. The first-order chi connectivity index (χ1) is 14.6. The molecule has 0 bridgehead atoms. The number of nitrogens with zero attached hydrogens (tertiary/aromatic N) is 2. The summed E-state index contributed by atoms with van der Waals surface area (Å²) in [5, 5.41) is 8.36. The van der Waals surface area contributed by atoms with Gasteiger partial charge in [-0.1, -0.05) is 71.7 Å². The van der Waals surface area contributed by atoms with Crippen LogP contribution in [0.15, 0.2) is 72.8 Å². The number of aromatic nitrogens is 3. The molecule has 0 fully saturated rings. The second-order valence-electron chi connectivity index (χ2n) is 6.56. The van der Waals surface area contributed by atoms with Crippen molar-refractivity contribution in [1.82, 2.24) is 14.9 Å². The van der Waals surface area contributed by atoms with Gasteiger partial charge >= 0.3 is 0 Å². The molecule has 0 aliphatic rings. The lowest BCUT2D eigenvalue weighted by atomic mass is 10.2. The van der Waals surface area contributed by atoms with Gasteiger partial charge in [-0.3, -0.25) is 0 Å². The normalized spacial score (nSPS) is 10.7. The van der Waals surface area contributed by atoms with Crippen LogP contribution in [-0.2, 0) is 13.2 Å². The van der Waals surface area contributed by atoms with E-state index < -0.39 is 0 Å². The van der Waals surface area contributed by atoms with Crippen LogP contribution in [0.4, 0.5) is 0 Å². The van der Waals surface area contributed by atoms with Crippen molar-refractivity contribution in [1.29, 1.82) is 0 Å². The van der Waals surface area contributed by atoms with Gasteiger partial charge < -0.3 is 10.2 Å². The molecule has 0 aliphatic heterocycles. The summed E-state index contributed by atoms with van der Waals surface area (Å²) >= 11 is 17.5. The van der Waals surface area contributed by atoms with Crippen molar-refractivity contribution in [2.45, 2.75) is 13.2 Å². The number of hydrogen-bond donors (Lipinski definition) is 2. The van der Waals surface area contributed by atoms with E-state index in [1.807, 2.05) is 60.7 Å². The molecule has 1 aromatic heterocycles. The monoisotopic (exact) mass is 456 g/mol. The number of ether oxygens (including phenoxy) is 1. The van der Waals surface area contributed by atoms with Gasteiger partial charge in [0.25, 0.3) is 0 Å². The number of H-pyrrole nitrogens is 1. The van der Waals surface area contributed by atoms with Gasteiger partial charge in [0.15, 0.2) is 5.82 Å². The van der Waals surface area contributed by atoms with Crippen LogP contribution in [0.1, 0.15) is 11.1 Å². The van der Waals surface area contributed by atoms with E-state index in [2.05, 4.69) is 15.6 Å². The molecule has 2 N–H and O–H groups in total. The minimum atomic E-state index is 0.359. The second kappa shape index (κ2) is 9.34. The van der Waals surface area contributed by atoms with Gasteiger partial charge in [-0.15, -0.1) is 0 Å². The fraction of sp³-hybridized carbons (Fsp3) is 0.0909. The SMILES string of the molecule is S=c1[nH]nc(-c2ccccc2)n1NCc1cccc(OCc2ccc(Cl)cc2Cl)c1. The number of aromatic amines is 1. The molecule has 0 atom stereocenters. The molecule has 3 aromatic carbocycles. The minimum absolute atomic E-state index is 0.359. The van der Waals surface area contributed by atoms with Gasteiger partial charge in [0, 0.05) is 21.2 Å². The first kappa shape index (κ1) is 20.5. The maximum atomic E-state index is 6.22. The fourth-order valence-electron chi connectivity index (χ4n) is 2.94. The average Bonchev–Trinajstić information content (AvgIpc) is 3.13. The van der Waals surface area contributed by atoms with Crippen molar-refractivity contribution < 1.29 is 4.74 Å². The van der Waals surface area contributed by atoms with Gasteiger partial charge in [-0.05, 0) is 42.0 Å². The number of nitrogens with one attached hydrogen (secondary N) is 2. The van der Waals surface area contributed by atoms with E-state index in [0.29, 0.717) is 28.0 Å². The number of halogens is 2. The highest BCUT2D eigenvalue weighted by molar-refractivity contribution is 7.71. The average molecular weight is 457 g/mol. The third kappa shape index (κ3) is 4.84. The van der Waals surface area contributed by atoms with Crippen LogP contribution < -0.4 is 10.2 Å². The fourth-order valence-corrected chi connectivity index (χ4v) is 3.60. The Morgan fingerprint density at radius 1 is 1.00 bits per heavy atom. The van der Waals surface area contributed by atoms with Crippen molar-refractivity contribution >= 4 is 35.4 Å². The Bertz CT molecular complexity index is 1210. The Balaban J connectivity index is 1.44. The van der Waals surface area contributed by atoms with Crippen LogP contribution in [0.25, 0.3) is 11.4 Å². The summed E-state index contributed by atoms with van der Waals surface area (Å²) < 4.78 is 8.17. The zero-order chi connectivity index (χ0) is 20.9. The molecular formula is C22H18Cl2N4OS. The number of rotatable bonds is 7. The second-order valence-corrected chi connectivity index (χ2v) is 7.79. The molecule has 0 radical (unpaired) electrons. The quantitative estimate of drug-likeness (QED) is 0.323. The molecule has 1 heterocycles. The van der Waals surface area contributed by atoms with E-state index in [9.17, 15) is 0 Å². The highest BCUT2D eigenvalue weighted by Gasteiger charge is 2.09. The largest absolute Gasteiger partial charge is 0.489 e. The molecule has 0 saturated carbocycles. The minimum Gasteiger partial charge on any atom is -0.489 e. The molecule has 4 rings (SSSR count). The first-order valence-electron chi connectivity index (χ1n) is 9.22. The van der Waals surface area contributed by atoms with Crippen molar-refractivity contribution in [2.24, 2.45) is 0 Å². The summed E-state index contributed by atoms with van der Waals surface area (Å²) in [6, 6.07) is 23.1. The van der Waals surface area contributed by atoms with E-state index in [1.54, 1.807) is 16.8 Å². The van der Waals surface area contributed by atoms with Crippen LogP contribution in [0, 0.1) is 4.77 Å². The van der Waals surface area contributed by atoms with Gasteiger partial charge in [-0.2, -0.15) is 5.10 Å². The molecule has 30 heavy (non-hydrogen) atoms. The van der Waals surface area contributed by atoms with E-state index in [-0.39, 0.29) is 0 Å². The molecule has 0 amide bonds. The molecule has 152 valence electrons. The molecular weight excluding hydrogens is 439 g/mol. The summed E-state index contributed by atoms with van der Waals surface area (Å²) in [7, 11) is 0. The smallest absolute Gasteiger partial charge is 0.214 e. The van der Waals surface area contributed by atoms with Crippen molar-refractivity contribution in [3.63, 3.8) is 0 Å². The zero-order valence-electron chi connectivity index (χ0n) is 15.8. The van der Waals surface area contributed by atoms with Crippen LogP contribution in [-0.4, -0.2) is 14.9 Å². The summed E-state index contributed by atoms with van der Waals surface area (Å²) in [6.07, 6.45) is 0. The lowest BCUT2D eigenvalue weighted by Crippen LogP contribution is -2.16. The predicted octanol–water partition coefficient (Wildman–Crippen LogP) is 6.24. The lowest BCUT2D eigenvalue weighted by molar-refractivity contribution is 0.306. The highest BCUT2D eigenvalue weighted by atomic mass is 35.5. The topological polar surface area (TPSA) is 54.9 Å². The third-order valence-electron chi connectivity index (χ3n) is 4.45. The first-order valence-corrected chi connectivity index (χ1v) is 10.4. The molecule has 0 spiro atoms. The van der Waals surface area contributed by atoms with Crippen LogP contribution in [0.3, 0.4) is 0 Å². The van der Waals surface area contributed by atoms with Gasteiger partial charge in [0.2, 0.25) is 4.77 Å². The summed E-state index contributed by atoms with van der Waals surface area (Å²) in [6.45, 7) is 0.907. The summed E-state index contributed by atoms with van der Waals surface area (Å²) in [4.78, 5) is 0. The highest BCUT2D eigenvalue weighted by Crippen LogP contribution is 2.23. The molecule has 5 nitrogen and oxygen atoms in total. The van der Waals surface area contributed by atoms with Gasteiger partial charge in [0.1, 0.15) is 12.4 Å². The van der Waals surface area contributed by atoms with Crippen LogP contribution >= 0.6 is 35.4 Å². The van der Waals surface area contributed by atoms with E-state index in [4.69, 9.17) is 40.2 Å². The number of benzene rings is 3. The van der Waals surface area contributed by atoms with Crippen molar-refractivity contribution in [3.05, 3.63) is 98.7 Å². The number of hydrogen-bond acceptors (Lipinski definition) is 4. The van der Waals surface area contributed by atoms with Crippen LogP contribution in [0.5, 0.6) is 5.75 Å². The standard InChI is InChI=1S/C22H18Cl2N4OS/c23-18-10-9-17(20(24)12-18)14-29-19-8-4-5-15(11-19)13-25-28-21(26-27-22(28)30)16-6-2-1-3-7-16/h1-12,25H,13-14H2,(H,27,30). The molecule has 0 saturated heterocycles. The molecule has 4 aromatic rings. The van der Waals surface area contributed by atoms with Crippen LogP contribution in [0.2, 0.25) is 10.0 Å². The Morgan fingerprint density at radius 2 is 1.83 bits per heavy atom. The van der Waals surface area contributed by atoms with Gasteiger partial charge in [-0.25, -0.2) is 9.77 Å². The zero-order valence-corrected chi connectivity index (χ0v) is 18.1. The Hall–Kier alpha value is -2.80. The van der Waals surface area contributed by atoms with Crippen molar-refractivity contribution in [2.75, 3.05) is 5.43 Å². The Kier molecular flexibility index (Phi) is 6.38. The van der Waals surface area contributed by atoms with E-state index >= 15 is 0 Å².